The molecular weight excluding hydrogens is 603 g/mol. The van der Waals surface area contributed by atoms with Crippen LogP contribution in [0.15, 0.2) is 109 Å². The number of nitrogens with zero attached hydrogens (tertiary/aromatic N) is 3. The lowest BCUT2D eigenvalue weighted by atomic mass is 9.96. The number of alkyl halides is 3. The van der Waals surface area contributed by atoms with E-state index in [9.17, 15) is 5.26 Å². The van der Waals surface area contributed by atoms with Crippen molar-refractivity contribution in [1.29, 1.82) is 5.26 Å². The smallest absolute Gasteiger partial charge is 0.309 e. The van der Waals surface area contributed by atoms with Gasteiger partial charge in [-0.05, 0) is 98.0 Å². The number of aromatic nitrogens is 2. The van der Waals surface area contributed by atoms with Gasteiger partial charge in [-0.3, -0.25) is 0 Å². The second-order valence-corrected chi connectivity index (χ2v) is 12.6. The molecule has 0 amide bonds. The summed E-state index contributed by atoms with van der Waals surface area (Å²) >= 11 is 0. The molecule has 0 aliphatic heterocycles. The van der Waals surface area contributed by atoms with Crippen molar-refractivity contribution in [2.24, 2.45) is 0 Å². The van der Waals surface area contributed by atoms with Crippen molar-refractivity contribution in [2.45, 2.75) is 33.9 Å². The van der Waals surface area contributed by atoms with E-state index in [-0.39, 0.29) is 11.4 Å². The molecule has 0 N–H and O–H groups in total. The lowest BCUT2D eigenvalue weighted by Crippen LogP contribution is -2.17. The molecule has 0 unspecified atom stereocenters. The lowest BCUT2D eigenvalue weighted by molar-refractivity contribution is -0.137. The molecule has 2 heterocycles. The van der Waals surface area contributed by atoms with E-state index < -0.39 is 11.7 Å². The third-order valence-electron chi connectivity index (χ3n) is 9.67. The maximum absolute atomic E-state index is 16.2. The zero-order valence-corrected chi connectivity index (χ0v) is 26.9. The molecule has 0 saturated carbocycles. The fraction of sp³-hybridized carbons (Fsp3) is 0.119. The van der Waals surface area contributed by atoms with Crippen molar-refractivity contribution >= 4 is 43.6 Å². The van der Waals surface area contributed by atoms with Gasteiger partial charge >= 0.3 is 6.18 Å². The molecule has 0 radical (unpaired) electrons. The molecule has 3 nitrogen and oxygen atoms in total. The number of hydrogen-bond donors (Lipinski definition) is 0. The summed E-state index contributed by atoms with van der Waals surface area (Å²) in [5, 5.41) is 13.5. The van der Waals surface area contributed by atoms with Crippen LogP contribution in [0.2, 0.25) is 0 Å². The van der Waals surface area contributed by atoms with Crippen molar-refractivity contribution in [2.75, 3.05) is 0 Å². The van der Waals surface area contributed by atoms with Crippen LogP contribution in [-0.2, 0) is 6.18 Å². The number of halogens is 3. The Morgan fingerprint density at radius 3 is 1.42 bits per heavy atom. The van der Waals surface area contributed by atoms with Crippen molar-refractivity contribution in [3.63, 3.8) is 0 Å². The summed E-state index contributed by atoms with van der Waals surface area (Å²) < 4.78 is 52.1. The summed E-state index contributed by atoms with van der Waals surface area (Å²) in [4.78, 5) is 0. The highest BCUT2D eigenvalue weighted by molar-refractivity contribution is 6.14. The summed E-state index contributed by atoms with van der Waals surface area (Å²) in [6, 6.07) is 35.6. The largest absolute Gasteiger partial charge is 0.420 e. The Labute approximate surface area is 275 Å². The van der Waals surface area contributed by atoms with E-state index in [0.717, 1.165) is 43.8 Å². The van der Waals surface area contributed by atoms with Crippen LogP contribution in [0, 0.1) is 39.0 Å². The highest BCUT2D eigenvalue weighted by atomic mass is 19.4. The Morgan fingerprint density at radius 1 is 0.542 bits per heavy atom. The summed E-state index contributed by atoms with van der Waals surface area (Å²) in [7, 11) is 0. The van der Waals surface area contributed by atoms with Crippen LogP contribution in [0.25, 0.3) is 66.1 Å². The monoisotopic (exact) mass is 633 g/mol. The Bertz CT molecular complexity index is 2540. The first-order valence-corrected chi connectivity index (χ1v) is 15.8. The molecule has 0 bridgehead atoms. The summed E-state index contributed by atoms with van der Waals surface area (Å²) in [5.41, 5.74) is 7.39. The molecule has 234 valence electrons. The number of hydrogen-bond acceptors (Lipinski definition) is 1. The van der Waals surface area contributed by atoms with E-state index in [0.29, 0.717) is 38.8 Å². The molecule has 0 saturated heterocycles. The molecule has 8 aromatic rings. The van der Waals surface area contributed by atoms with Crippen LogP contribution in [0.3, 0.4) is 0 Å². The Kier molecular flexibility index (Phi) is 6.54. The predicted octanol–water partition coefficient (Wildman–Crippen LogP) is 11.7. The zero-order chi connectivity index (χ0) is 33.5. The minimum atomic E-state index is -4.76. The maximum Gasteiger partial charge on any atom is 0.420 e. The topological polar surface area (TPSA) is 33.6 Å². The van der Waals surface area contributed by atoms with Crippen LogP contribution in [0.5, 0.6) is 0 Å². The first-order chi connectivity index (χ1) is 23.1. The third-order valence-corrected chi connectivity index (χ3v) is 9.67. The van der Waals surface area contributed by atoms with Gasteiger partial charge in [0.15, 0.2) is 0 Å². The molecule has 6 aromatic carbocycles. The third kappa shape index (κ3) is 4.21. The van der Waals surface area contributed by atoms with Crippen LogP contribution in [-0.4, -0.2) is 9.13 Å². The quantitative estimate of drug-likeness (QED) is 0.191. The zero-order valence-electron chi connectivity index (χ0n) is 26.9. The Hall–Kier alpha value is -5.80. The average molecular weight is 634 g/mol. The van der Waals surface area contributed by atoms with E-state index in [1.165, 1.54) is 0 Å². The van der Waals surface area contributed by atoms with Gasteiger partial charge in [-0.25, -0.2) is 0 Å². The van der Waals surface area contributed by atoms with Gasteiger partial charge in [0.2, 0.25) is 0 Å². The second kappa shape index (κ2) is 10.6. The molecular formula is C42H30F3N3. The average Bonchev–Trinajstić information content (AvgIpc) is 3.59. The Balaban J connectivity index is 1.64. The summed E-state index contributed by atoms with van der Waals surface area (Å²) in [6.45, 7) is 8.00. The van der Waals surface area contributed by atoms with E-state index >= 15 is 13.2 Å². The standard InChI is InChI=1S/C42H30F3N3/c1-24-10-5-16-31-36(24)37-25(2)11-6-17-32(37)47(31)35-21-20-30(29-15-9-14-28(22-29)23-46)41(40(35)42(43,44)45)48-33-18-7-12-26(3)38(33)39-27(4)13-8-19-34(39)48/h5-22H,1-4H3. The molecule has 0 aliphatic carbocycles. The molecule has 0 spiro atoms. The van der Waals surface area contributed by atoms with E-state index in [2.05, 4.69) is 6.07 Å². The van der Waals surface area contributed by atoms with Crippen LogP contribution in [0.1, 0.15) is 33.4 Å². The van der Waals surface area contributed by atoms with Gasteiger partial charge in [0.25, 0.3) is 0 Å². The number of rotatable bonds is 3. The fourth-order valence-corrected chi connectivity index (χ4v) is 7.68. The molecule has 0 fully saturated rings. The number of benzene rings is 6. The van der Waals surface area contributed by atoms with Crippen molar-refractivity contribution in [3.8, 4) is 28.6 Å². The molecule has 0 aliphatic rings. The van der Waals surface area contributed by atoms with Crippen molar-refractivity contribution in [1.82, 2.24) is 9.13 Å². The predicted molar refractivity (Wildman–Crippen MR) is 189 cm³/mol. The number of fused-ring (bicyclic) bond motifs is 6. The summed E-state index contributed by atoms with van der Waals surface area (Å²) in [5.74, 6) is 0. The van der Waals surface area contributed by atoms with Gasteiger partial charge in [-0.15, -0.1) is 0 Å². The van der Waals surface area contributed by atoms with Crippen molar-refractivity contribution < 1.29 is 13.2 Å². The van der Waals surface area contributed by atoms with Crippen LogP contribution < -0.4 is 0 Å². The lowest BCUT2D eigenvalue weighted by Gasteiger charge is -2.24. The van der Waals surface area contributed by atoms with Crippen molar-refractivity contribution in [3.05, 3.63) is 143 Å². The van der Waals surface area contributed by atoms with Gasteiger partial charge in [0, 0.05) is 27.1 Å². The van der Waals surface area contributed by atoms with E-state index in [4.69, 9.17) is 0 Å². The maximum atomic E-state index is 16.2. The molecule has 0 atom stereocenters. The van der Waals surface area contributed by atoms with Gasteiger partial charge in [0.1, 0.15) is 5.56 Å². The van der Waals surface area contributed by atoms with Crippen LogP contribution >= 0.6 is 0 Å². The van der Waals surface area contributed by atoms with Crippen LogP contribution in [0.4, 0.5) is 13.2 Å². The van der Waals surface area contributed by atoms with Gasteiger partial charge in [0.05, 0.1) is 45.1 Å². The molecule has 6 heteroatoms. The fourth-order valence-electron chi connectivity index (χ4n) is 7.68. The minimum Gasteiger partial charge on any atom is -0.309 e. The number of aryl methyl sites for hydroxylation is 4. The highest BCUT2D eigenvalue weighted by Gasteiger charge is 2.40. The van der Waals surface area contributed by atoms with Gasteiger partial charge < -0.3 is 9.13 Å². The van der Waals surface area contributed by atoms with Gasteiger partial charge in [-0.1, -0.05) is 66.7 Å². The van der Waals surface area contributed by atoms with E-state index in [1.54, 1.807) is 45.5 Å². The van der Waals surface area contributed by atoms with Gasteiger partial charge in [-0.2, -0.15) is 18.4 Å². The normalized spacial score (nSPS) is 12.0. The first-order valence-electron chi connectivity index (χ1n) is 15.8. The second-order valence-electron chi connectivity index (χ2n) is 12.6. The Morgan fingerprint density at radius 2 is 0.979 bits per heavy atom. The SMILES string of the molecule is Cc1cccc2c1c1c(C)cccc1n2-c1ccc(-c2cccc(C#N)c2)c(-n2c3cccc(C)c3c3c(C)cccc32)c1C(F)(F)F. The molecule has 8 rings (SSSR count). The first kappa shape index (κ1) is 29.6. The number of nitriles is 1. The highest BCUT2D eigenvalue weighted by Crippen LogP contribution is 2.48. The van der Waals surface area contributed by atoms with E-state index in [1.807, 2.05) is 100 Å². The molecule has 2 aromatic heterocycles. The minimum absolute atomic E-state index is 0.0293. The summed E-state index contributed by atoms with van der Waals surface area (Å²) in [6.07, 6.45) is -4.76. The molecule has 48 heavy (non-hydrogen) atoms.